The molecule has 2 nitrogen and oxygen atoms in total. The van der Waals surface area contributed by atoms with Crippen molar-refractivity contribution < 1.29 is 5.11 Å². The van der Waals surface area contributed by atoms with Crippen molar-refractivity contribution in [3.63, 3.8) is 0 Å². The first-order valence-electron chi connectivity index (χ1n) is 6.45. The van der Waals surface area contributed by atoms with Crippen LogP contribution in [0.2, 0.25) is 0 Å². The van der Waals surface area contributed by atoms with Crippen LogP contribution in [0.3, 0.4) is 0 Å². The Kier molecular flexibility index (Phi) is 5.07. The van der Waals surface area contributed by atoms with Gasteiger partial charge in [-0.2, -0.15) is 0 Å². The lowest BCUT2D eigenvalue weighted by molar-refractivity contribution is 0.146. The standard InChI is InChI=1S/C13H27NO/c1-13(2,14)12(9-10-15)11-7-5-3-4-6-8-11/h11-12,15H,3-10,14H2,1-2H3. The fourth-order valence-electron chi connectivity index (χ4n) is 3.07. The maximum atomic E-state index is 9.15. The second-order valence-electron chi connectivity index (χ2n) is 5.69. The van der Waals surface area contributed by atoms with Crippen molar-refractivity contribution in [2.75, 3.05) is 6.61 Å². The SMILES string of the molecule is CC(C)(N)C(CCO)C1CCCCCC1. The molecular weight excluding hydrogens is 186 g/mol. The molecule has 3 N–H and O–H groups in total. The highest BCUT2D eigenvalue weighted by atomic mass is 16.3. The van der Waals surface area contributed by atoms with Crippen LogP contribution in [0.1, 0.15) is 58.8 Å². The van der Waals surface area contributed by atoms with Crippen molar-refractivity contribution >= 4 is 0 Å². The fourth-order valence-corrected chi connectivity index (χ4v) is 3.07. The average molecular weight is 213 g/mol. The van der Waals surface area contributed by atoms with E-state index in [-0.39, 0.29) is 12.1 Å². The molecule has 1 rings (SSSR count). The highest BCUT2D eigenvalue weighted by molar-refractivity contribution is 4.87. The second kappa shape index (κ2) is 5.86. The van der Waals surface area contributed by atoms with Gasteiger partial charge in [0.25, 0.3) is 0 Å². The van der Waals surface area contributed by atoms with Gasteiger partial charge in [-0.15, -0.1) is 0 Å². The molecule has 0 aromatic heterocycles. The smallest absolute Gasteiger partial charge is 0.0434 e. The van der Waals surface area contributed by atoms with E-state index in [0.717, 1.165) is 12.3 Å². The van der Waals surface area contributed by atoms with Crippen LogP contribution in [-0.2, 0) is 0 Å². The first kappa shape index (κ1) is 13.0. The van der Waals surface area contributed by atoms with Gasteiger partial charge in [-0.3, -0.25) is 0 Å². The van der Waals surface area contributed by atoms with Gasteiger partial charge in [0.05, 0.1) is 0 Å². The quantitative estimate of drug-likeness (QED) is 0.705. The second-order valence-corrected chi connectivity index (χ2v) is 5.69. The molecule has 1 aliphatic carbocycles. The number of hydrogen-bond acceptors (Lipinski definition) is 2. The Morgan fingerprint density at radius 3 is 2.13 bits per heavy atom. The number of rotatable bonds is 4. The van der Waals surface area contributed by atoms with Gasteiger partial charge in [0, 0.05) is 12.1 Å². The van der Waals surface area contributed by atoms with Crippen LogP contribution in [0, 0.1) is 11.8 Å². The molecule has 0 heterocycles. The summed E-state index contributed by atoms with van der Waals surface area (Å²) in [5.74, 6) is 1.22. The van der Waals surface area contributed by atoms with Gasteiger partial charge in [0.1, 0.15) is 0 Å². The molecule has 2 heteroatoms. The van der Waals surface area contributed by atoms with Crippen molar-refractivity contribution in [1.29, 1.82) is 0 Å². The summed E-state index contributed by atoms with van der Waals surface area (Å²) in [4.78, 5) is 0. The van der Waals surface area contributed by atoms with Crippen molar-refractivity contribution in [3.05, 3.63) is 0 Å². The Hall–Kier alpha value is -0.0800. The third-order valence-corrected chi connectivity index (χ3v) is 3.86. The van der Waals surface area contributed by atoms with E-state index in [1.807, 2.05) is 0 Å². The van der Waals surface area contributed by atoms with E-state index in [0.29, 0.717) is 5.92 Å². The van der Waals surface area contributed by atoms with Crippen molar-refractivity contribution in [1.82, 2.24) is 0 Å². The van der Waals surface area contributed by atoms with Gasteiger partial charge >= 0.3 is 0 Å². The van der Waals surface area contributed by atoms with Gasteiger partial charge in [0.15, 0.2) is 0 Å². The van der Waals surface area contributed by atoms with E-state index in [2.05, 4.69) is 13.8 Å². The van der Waals surface area contributed by atoms with E-state index in [4.69, 9.17) is 10.8 Å². The zero-order chi connectivity index (χ0) is 11.3. The Morgan fingerprint density at radius 2 is 1.73 bits per heavy atom. The monoisotopic (exact) mass is 213 g/mol. The predicted molar refractivity (Wildman–Crippen MR) is 64.7 cm³/mol. The Balaban J connectivity index is 2.60. The third-order valence-electron chi connectivity index (χ3n) is 3.86. The lowest BCUT2D eigenvalue weighted by atomic mass is 9.73. The Bertz CT molecular complexity index is 166. The third kappa shape index (κ3) is 4.12. The molecule has 1 saturated carbocycles. The molecule has 0 spiro atoms. The first-order valence-corrected chi connectivity index (χ1v) is 6.45. The molecule has 0 aliphatic heterocycles. The van der Waals surface area contributed by atoms with Crippen LogP contribution in [0.4, 0.5) is 0 Å². The van der Waals surface area contributed by atoms with Crippen molar-refractivity contribution in [2.45, 2.75) is 64.3 Å². The summed E-state index contributed by atoms with van der Waals surface area (Å²) in [7, 11) is 0. The lowest BCUT2D eigenvalue weighted by Gasteiger charge is -2.36. The maximum Gasteiger partial charge on any atom is 0.0434 e. The van der Waals surface area contributed by atoms with Crippen LogP contribution in [0.15, 0.2) is 0 Å². The minimum atomic E-state index is -0.141. The molecule has 15 heavy (non-hydrogen) atoms. The zero-order valence-electron chi connectivity index (χ0n) is 10.3. The minimum Gasteiger partial charge on any atom is -0.396 e. The highest BCUT2D eigenvalue weighted by Gasteiger charge is 2.32. The molecule has 1 unspecified atom stereocenters. The van der Waals surface area contributed by atoms with Crippen LogP contribution in [0.25, 0.3) is 0 Å². The van der Waals surface area contributed by atoms with Crippen LogP contribution in [-0.4, -0.2) is 17.3 Å². The van der Waals surface area contributed by atoms with Gasteiger partial charge in [-0.05, 0) is 32.1 Å². The van der Waals surface area contributed by atoms with Gasteiger partial charge in [-0.1, -0.05) is 38.5 Å². The number of aliphatic hydroxyl groups excluding tert-OH is 1. The number of aliphatic hydroxyl groups is 1. The summed E-state index contributed by atoms with van der Waals surface area (Å²) in [5, 5.41) is 9.15. The lowest BCUT2D eigenvalue weighted by Crippen LogP contribution is -2.45. The summed E-state index contributed by atoms with van der Waals surface area (Å²) in [6.07, 6.45) is 8.96. The van der Waals surface area contributed by atoms with Crippen molar-refractivity contribution in [2.24, 2.45) is 17.6 Å². The average Bonchev–Trinajstić information content (AvgIpc) is 2.40. The van der Waals surface area contributed by atoms with Gasteiger partial charge < -0.3 is 10.8 Å². The molecule has 0 amide bonds. The molecule has 0 bridgehead atoms. The van der Waals surface area contributed by atoms with E-state index in [1.54, 1.807) is 0 Å². The molecule has 0 saturated heterocycles. The summed E-state index contributed by atoms with van der Waals surface area (Å²) in [6, 6.07) is 0. The Labute approximate surface area is 94.2 Å². The summed E-state index contributed by atoms with van der Waals surface area (Å²) >= 11 is 0. The van der Waals surface area contributed by atoms with E-state index < -0.39 is 0 Å². The molecule has 0 aromatic rings. The number of nitrogens with two attached hydrogens (primary N) is 1. The van der Waals surface area contributed by atoms with Crippen LogP contribution < -0.4 is 5.73 Å². The maximum absolute atomic E-state index is 9.15. The molecule has 90 valence electrons. The van der Waals surface area contributed by atoms with Crippen molar-refractivity contribution in [3.8, 4) is 0 Å². The minimum absolute atomic E-state index is 0.141. The Morgan fingerprint density at radius 1 is 1.20 bits per heavy atom. The zero-order valence-corrected chi connectivity index (χ0v) is 10.3. The summed E-state index contributed by atoms with van der Waals surface area (Å²) in [5.41, 5.74) is 6.10. The van der Waals surface area contributed by atoms with E-state index in [9.17, 15) is 0 Å². The predicted octanol–water partition coefficient (Wildman–Crippen LogP) is 2.69. The topological polar surface area (TPSA) is 46.2 Å². The van der Waals surface area contributed by atoms with Gasteiger partial charge in [-0.25, -0.2) is 0 Å². The first-order chi connectivity index (χ1) is 7.05. The molecular formula is C13H27NO. The fraction of sp³-hybridized carbons (Fsp3) is 1.00. The normalized spacial score (nSPS) is 22.4. The summed E-state index contributed by atoms with van der Waals surface area (Å²) < 4.78 is 0. The van der Waals surface area contributed by atoms with Crippen LogP contribution in [0.5, 0.6) is 0 Å². The molecule has 0 radical (unpaired) electrons. The van der Waals surface area contributed by atoms with Crippen LogP contribution >= 0.6 is 0 Å². The highest BCUT2D eigenvalue weighted by Crippen LogP contribution is 2.35. The number of hydrogen-bond donors (Lipinski definition) is 2. The van der Waals surface area contributed by atoms with E-state index in [1.165, 1.54) is 38.5 Å². The van der Waals surface area contributed by atoms with Gasteiger partial charge in [0.2, 0.25) is 0 Å². The molecule has 0 aromatic carbocycles. The summed E-state index contributed by atoms with van der Waals surface area (Å²) in [6.45, 7) is 4.50. The molecule has 1 fully saturated rings. The largest absolute Gasteiger partial charge is 0.396 e. The molecule has 1 atom stereocenters. The van der Waals surface area contributed by atoms with E-state index >= 15 is 0 Å². The molecule has 1 aliphatic rings.